The molecule has 0 spiro atoms. The lowest BCUT2D eigenvalue weighted by Gasteiger charge is -2.29. The van der Waals surface area contributed by atoms with E-state index in [-0.39, 0.29) is 25.4 Å². The van der Waals surface area contributed by atoms with Gasteiger partial charge in [0, 0.05) is 11.5 Å². The van der Waals surface area contributed by atoms with E-state index in [9.17, 15) is 30.7 Å². The summed E-state index contributed by atoms with van der Waals surface area (Å²) in [5, 5.41) is 0. The van der Waals surface area contributed by atoms with Gasteiger partial charge in [0.15, 0.2) is 41.1 Å². The first-order valence-electron chi connectivity index (χ1n) is 11.2. The average molecular weight is 514 g/mol. The zero-order chi connectivity index (χ0) is 26.0. The van der Waals surface area contributed by atoms with Crippen LogP contribution in [0, 0.1) is 46.6 Å². The fourth-order valence-corrected chi connectivity index (χ4v) is 3.92. The maximum Gasteiger partial charge on any atom is 0.194 e. The highest BCUT2D eigenvalue weighted by molar-refractivity contribution is 5.65. The molecule has 3 aromatic carbocycles. The maximum absolute atomic E-state index is 14.7. The van der Waals surface area contributed by atoms with E-state index in [1.165, 1.54) is 12.1 Å². The predicted molar refractivity (Wildman–Crippen MR) is 116 cm³/mol. The van der Waals surface area contributed by atoms with Crippen molar-refractivity contribution in [2.45, 2.75) is 26.1 Å². The van der Waals surface area contributed by atoms with Crippen LogP contribution in [0.25, 0.3) is 11.1 Å². The van der Waals surface area contributed by atoms with E-state index in [0.29, 0.717) is 24.1 Å². The molecular formula is C26H21F7O3. The molecule has 0 radical (unpaired) electrons. The molecule has 36 heavy (non-hydrogen) atoms. The van der Waals surface area contributed by atoms with E-state index >= 15 is 0 Å². The highest BCUT2D eigenvalue weighted by Gasteiger charge is 2.27. The van der Waals surface area contributed by atoms with E-state index < -0.39 is 69.8 Å². The van der Waals surface area contributed by atoms with E-state index in [4.69, 9.17) is 14.2 Å². The zero-order valence-corrected chi connectivity index (χ0v) is 19.0. The van der Waals surface area contributed by atoms with Gasteiger partial charge in [-0.2, -0.15) is 0 Å². The molecule has 1 aliphatic rings. The van der Waals surface area contributed by atoms with Crippen LogP contribution >= 0.6 is 0 Å². The molecule has 0 amide bonds. The number of halogens is 7. The van der Waals surface area contributed by atoms with Crippen molar-refractivity contribution in [2.75, 3.05) is 19.8 Å². The molecule has 0 aromatic heterocycles. The third-order valence-corrected chi connectivity index (χ3v) is 5.64. The standard InChI is InChI=1S/C26H21F7O3/c1-2-3-13-4-21(31)25(22(32)5-13)34-10-14-11-35-26(36-12-14)16-8-17(27)23(18(28)9-16)15-6-19(29)24(33)20(30)7-15/h4-9,14,26H,2-3,10-12H2,1H3. The molecule has 3 aromatic rings. The smallest absolute Gasteiger partial charge is 0.194 e. The topological polar surface area (TPSA) is 27.7 Å². The first kappa shape index (κ1) is 26.0. The Bertz CT molecular complexity index is 1190. The lowest BCUT2D eigenvalue weighted by atomic mass is 10.0. The van der Waals surface area contributed by atoms with Crippen molar-refractivity contribution in [3.63, 3.8) is 0 Å². The predicted octanol–water partition coefficient (Wildman–Crippen LogP) is 7.02. The van der Waals surface area contributed by atoms with E-state index in [2.05, 4.69) is 0 Å². The number of hydrogen-bond acceptors (Lipinski definition) is 3. The van der Waals surface area contributed by atoms with Crippen LogP contribution in [0.2, 0.25) is 0 Å². The monoisotopic (exact) mass is 514 g/mol. The van der Waals surface area contributed by atoms with Crippen LogP contribution in [-0.2, 0) is 15.9 Å². The minimum Gasteiger partial charge on any atom is -0.487 e. The van der Waals surface area contributed by atoms with Gasteiger partial charge >= 0.3 is 0 Å². The number of aryl methyl sites for hydroxylation is 1. The molecular weight excluding hydrogens is 493 g/mol. The molecule has 0 bridgehead atoms. The summed E-state index contributed by atoms with van der Waals surface area (Å²) in [6, 6.07) is 5.16. The lowest BCUT2D eigenvalue weighted by Crippen LogP contribution is -2.31. The minimum atomic E-state index is -1.75. The molecule has 4 rings (SSSR count). The Labute approximate surface area is 202 Å². The van der Waals surface area contributed by atoms with Crippen molar-refractivity contribution in [3.8, 4) is 16.9 Å². The molecule has 1 aliphatic heterocycles. The second-order valence-corrected chi connectivity index (χ2v) is 8.43. The largest absolute Gasteiger partial charge is 0.487 e. The van der Waals surface area contributed by atoms with Crippen molar-refractivity contribution in [1.29, 1.82) is 0 Å². The summed E-state index contributed by atoms with van der Waals surface area (Å²) in [7, 11) is 0. The molecule has 10 heteroatoms. The molecule has 0 unspecified atom stereocenters. The van der Waals surface area contributed by atoms with Crippen LogP contribution in [0.1, 0.15) is 30.8 Å². The van der Waals surface area contributed by atoms with Crippen molar-refractivity contribution >= 4 is 0 Å². The number of hydrogen-bond donors (Lipinski definition) is 0. The summed E-state index contributed by atoms with van der Waals surface area (Å²) in [6.07, 6.45) is 0.0964. The summed E-state index contributed by atoms with van der Waals surface area (Å²) in [5.74, 6) is -9.82. The molecule has 1 heterocycles. The summed E-state index contributed by atoms with van der Waals surface area (Å²) in [6.45, 7) is 1.76. The Kier molecular flexibility index (Phi) is 7.85. The van der Waals surface area contributed by atoms with E-state index in [1.807, 2.05) is 6.92 Å². The number of benzene rings is 3. The van der Waals surface area contributed by atoms with Crippen molar-refractivity contribution < 1.29 is 44.9 Å². The van der Waals surface area contributed by atoms with Crippen LogP contribution in [0.15, 0.2) is 36.4 Å². The number of ether oxygens (including phenoxy) is 3. The highest BCUT2D eigenvalue weighted by atomic mass is 19.2. The Morgan fingerprint density at radius 1 is 0.750 bits per heavy atom. The first-order valence-corrected chi connectivity index (χ1v) is 11.2. The second kappa shape index (κ2) is 10.9. The maximum atomic E-state index is 14.7. The van der Waals surface area contributed by atoms with Gasteiger partial charge in [-0.1, -0.05) is 13.3 Å². The third kappa shape index (κ3) is 5.49. The quantitative estimate of drug-likeness (QED) is 0.251. The van der Waals surface area contributed by atoms with Crippen LogP contribution in [0.5, 0.6) is 5.75 Å². The van der Waals surface area contributed by atoms with Gasteiger partial charge in [0.25, 0.3) is 0 Å². The van der Waals surface area contributed by atoms with E-state index in [0.717, 1.165) is 18.6 Å². The Balaban J connectivity index is 1.40. The van der Waals surface area contributed by atoms with Gasteiger partial charge < -0.3 is 14.2 Å². The average Bonchev–Trinajstić information content (AvgIpc) is 2.82. The molecule has 192 valence electrons. The molecule has 1 saturated heterocycles. The van der Waals surface area contributed by atoms with Gasteiger partial charge in [-0.15, -0.1) is 0 Å². The molecule has 0 aliphatic carbocycles. The minimum absolute atomic E-state index is 0.00119. The van der Waals surface area contributed by atoms with Gasteiger partial charge in [-0.05, 0) is 53.9 Å². The SMILES string of the molecule is CCCc1cc(F)c(OCC2COC(c3cc(F)c(-c4cc(F)c(F)c(F)c4)c(F)c3)OC2)c(F)c1. The summed E-state index contributed by atoms with van der Waals surface area (Å²) in [4.78, 5) is 0. The summed E-state index contributed by atoms with van der Waals surface area (Å²) < 4.78 is 114. The normalized spacial score (nSPS) is 17.9. The van der Waals surface area contributed by atoms with Gasteiger partial charge in [0.1, 0.15) is 11.6 Å². The Morgan fingerprint density at radius 2 is 1.31 bits per heavy atom. The van der Waals surface area contributed by atoms with Crippen LogP contribution in [0.4, 0.5) is 30.7 Å². The van der Waals surface area contributed by atoms with Crippen LogP contribution in [-0.4, -0.2) is 19.8 Å². The first-order chi connectivity index (χ1) is 17.2. The molecule has 1 fully saturated rings. The number of rotatable bonds is 7. The van der Waals surface area contributed by atoms with Gasteiger partial charge in [0.05, 0.1) is 25.4 Å². The summed E-state index contributed by atoms with van der Waals surface area (Å²) >= 11 is 0. The van der Waals surface area contributed by atoms with Gasteiger partial charge in [0.2, 0.25) is 0 Å². The summed E-state index contributed by atoms with van der Waals surface area (Å²) in [5.41, 5.74) is -0.780. The van der Waals surface area contributed by atoms with Crippen LogP contribution in [0.3, 0.4) is 0 Å². The van der Waals surface area contributed by atoms with Crippen molar-refractivity contribution in [2.24, 2.45) is 5.92 Å². The lowest BCUT2D eigenvalue weighted by molar-refractivity contribution is -0.209. The van der Waals surface area contributed by atoms with Crippen molar-refractivity contribution in [3.05, 3.63) is 88.2 Å². The zero-order valence-electron chi connectivity index (χ0n) is 19.0. The second-order valence-electron chi connectivity index (χ2n) is 8.43. The van der Waals surface area contributed by atoms with Gasteiger partial charge in [-0.25, -0.2) is 30.7 Å². The van der Waals surface area contributed by atoms with Crippen LogP contribution < -0.4 is 4.74 Å². The van der Waals surface area contributed by atoms with Gasteiger partial charge in [-0.3, -0.25) is 0 Å². The molecule has 3 nitrogen and oxygen atoms in total. The molecule has 0 N–H and O–H groups in total. The molecule has 0 atom stereocenters. The fraction of sp³-hybridized carbons (Fsp3) is 0.308. The Morgan fingerprint density at radius 3 is 1.83 bits per heavy atom. The van der Waals surface area contributed by atoms with Crippen molar-refractivity contribution in [1.82, 2.24) is 0 Å². The van der Waals surface area contributed by atoms with E-state index in [1.54, 1.807) is 0 Å². The fourth-order valence-electron chi connectivity index (χ4n) is 3.92. The molecule has 0 saturated carbocycles. The third-order valence-electron chi connectivity index (χ3n) is 5.64. The highest BCUT2D eigenvalue weighted by Crippen LogP contribution is 2.34. The Hall–Kier alpha value is -3.11.